The molecular weight excluding hydrogens is 380 g/mol. The number of carbonyl (C=O) groups is 1. The van der Waals surface area contributed by atoms with Crippen molar-refractivity contribution in [2.45, 2.75) is 13.0 Å². The fraction of sp³-hybridized carbons (Fsp3) is 0.304. The van der Waals surface area contributed by atoms with E-state index in [9.17, 15) is 4.79 Å². The van der Waals surface area contributed by atoms with Crippen molar-refractivity contribution in [3.63, 3.8) is 0 Å². The van der Waals surface area contributed by atoms with Crippen LogP contribution in [0.2, 0.25) is 0 Å². The molecule has 0 aliphatic carbocycles. The van der Waals surface area contributed by atoms with Crippen LogP contribution in [0.5, 0.6) is 11.5 Å². The van der Waals surface area contributed by atoms with Gasteiger partial charge in [0.15, 0.2) is 11.5 Å². The minimum Gasteiger partial charge on any atom is -0.493 e. The van der Waals surface area contributed by atoms with E-state index in [1.54, 1.807) is 25.1 Å². The van der Waals surface area contributed by atoms with Crippen molar-refractivity contribution >= 4 is 5.91 Å². The average Bonchev–Trinajstić information content (AvgIpc) is 3.33. The second kappa shape index (κ2) is 9.00. The standard InChI is InChI=1S/C23H26N4O3/c1-29-21-14-18-8-12-26(16-19(18)15-22(21)30-2)13-10-24-23(28)17-4-6-20(7-5-17)27-11-3-9-25-27/h3-7,9,11,14-15H,8,10,12-13,16H2,1-2H3,(H,24,28). The Kier molecular flexibility index (Phi) is 5.99. The highest BCUT2D eigenvalue weighted by molar-refractivity contribution is 5.94. The number of fused-ring (bicyclic) bond motifs is 1. The van der Waals surface area contributed by atoms with Crippen LogP contribution in [0.25, 0.3) is 5.69 Å². The Hall–Kier alpha value is -3.32. The van der Waals surface area contributed by atoms with Gasteiger partial charge >= 0.3 is 0 Å². The van der Waals surface area contributed by atoms with E-state index in [0.717, 1.165) is 43.2 Å². The Morgan fingerprint density at radius 1 is 1.10 bits per heavy atom. The molecule has 1 aromatic heterocycles. The minimum atomic E-state index is -0.0640. The first-order chi connectivity index (χ1) is 14.7. The van der Waals surface area contributed by atoms with Gasteiger partial charge < -0.3 is 14.8 Å². The van der Waals surface area contributed by atoms with E-state index in [0.29, 0.717) is 12.1 Å². The Morgan fingerprint density at radius 2 is 1.83 bits per heavy atom. The molecule has 1 aliphatic heterocycles. The molecule has 0 saturated carbocycles. The van der Waals surface area contributed by atoms with Gasteiger partial charge in [-0.15, -0.1) is 0 Å². The van der Waals surface area contributed by atoms with Gasteiger partial charge in [-0.3, -0.25) is 9.69 Å². The van der Waals surface area contributed by atoms with E-state index in [-0.39, 0.29) is 5.91 Å². The van der Waals surface area contributed by atoms with Gasteiger partial charge in [0.1, 0.15) is 0 Å². The molecule has 1 aliphatic rings. The number of aromatic nitrogens is 2. The average molecular weight is 406 g/mol. The molecule has 7 nitrogen and oxygen atoms in total. The number of hydrogen-bond donors (Lipinski definition) is 1. The highest BCUT2D eigenvalue weighted by Crippen LogP contribution is 2.33. The van der Waals surface area contributed by atoms with Gasteiger partial charge in [-0.2, -0.15) is 5.10 Å². The summed E-state index contributed by atoms with van der Waals surface area (Å²) in [5.41, 5.74) is 4.12. The molecule has 3 aromatic rings. The zero-order valence-corrected chi connectivity index (χ0v) is 17.3. The van der Waals surface area contributed by atoms with Crippen molar-refractivity contribution < 1.29 is 14.3 Å². The summed E-state index contributed by atoms with van der Waals surface area (Å²) in [6.07, 6.45) is 4.56. The van der Waals surface area contributed by atoms with E-state index in [1.165, 1.54) is 11.1 Å². The topological polar surface area (TPSA) is 68.6 Å². The molecular formula is C23H26N4O3. The number of methoxy groups -OCH3 is 2. The van der Waals surface area contributed by atoms with Crippen LogP contribution in [-0.4, -0.2) is 54.4 Å². The maximum atomic E-state index is 12.5. The molecule has 1 amide bonds. The van der Waals surface area contributed by atoms with Crippen LogP contribution in [-0.2, 0) is 13.0 Å². The van der Waals surface area contributed by atoms with Crippen LogP contribution in [0.3, 0.4) is 0 Å². The number of benzene rings is 2. The van der Waals surface area contributed by atoms with Gasteiger partial charge in [0.05, 0.1) is 19.9 Å². The Morgan fingerprint density at radius 3 is 2.50 bits per heavy atom. The summed E-state index contributed by atoms with van der Waals surface area (Å²) in [5, 5.41) is 7.21. The number of hydrogen-bond acceptors (Lipinski definition) is 5. The fourth-order valence-corrected chi connectivity index (χ4v) is 3.75. The molecule has 7 heteroatoms. The van der Waals surface area contributed by atoms with Crippen LogP contribution in [0.15, 0.2) is 54.9 Å². The third-order valence-electron chi connectivity index (χ3n) is 5.41. The third kappa shape index (κ3) is 4.31. The number of nitrogens with one attached hydrogen (secondary N) is 1. The second-order valence-corrected chi connectivity index (χ2v) is 7.26. The summed E-state index contributed by atoms with van der Waals surface area (Å²) in [6, 6.07) is 13.4. The molecule has 2 aromatic carbocycles. The summed E-state index contributed by atoms with van der Waals surface area (Å²) in [4.78, 5) is 14.8. The van der Waals surface area contributed by atoms with Crippen molar-refractivity contribution in [1.29, 1.82) is 0 Å². The quantitative estimate of drug-likeness (QED) is 0.653. The Labute approximate surface area is 176 Å². The lowest BCUT2D eigenvalue weighted by molar-refractivity contribution is 0.0947. The first-order valence-electron chi connectivity index (χ1n) is 10.0. The first kappa shape index (κ1) is 20.0. The molecule has 30 heavy (non-hydrogen) atoms. The van der Waals surface area contributed by atoms with Gasteiger partial charge in [-0.05, 0) is 60.0 Å². The summed E-state index contributed by atoms with van der Waals surface area (Å²) < 4.78 is 12.6. The molecule has 0 bridgehead atoms. The molecule has 0 unspecified atom stereocenters. The zero-order valence-electron chi connectivity index (χ0n) is 17.3. The molecule has 4 rings (SSSR count). The number of ether oxygens (including phenoxy) is 2. The fourth-order valence-electron chi connectivity index (χ4n) is 3.75. The Balaban J connectivity index is 1.30. The van der Waals surface area contributed by atoms with Gasteiger partial charge in [-0.1, -0.05) is 0 Å². The molecule has 0 saturated heterocycles. The second-order valence-electron chi connectivity index (χ2n) is 7.26. The summed E-state index contributed by atoms with van der Waals surface area (Å²) in [6.45, 7) is 3.19. The molecule has 0 atom stereocenters. The number of carbonyl (C=O) groups excluding carboxylic acids is 1. The highest BCUT2D eigenvalue weighted by Gasteiger charge is 2.19. The first-order valence-corrected chi connectivity index (χ1v) is 10.0. The predicted octanol–water partition coefficient (Wildman–Crippen LogP) is 2.68. The summed E-state index contributed by atoms with van der Waals surface area (Å²) >= 11 is 0. The Bertz CT molecular complexity index is 1000. The van der Waals surface area contributed by atoms with Crippen molar-refractivity contribution in [2.24, 2.45) is 0 Å². The van der Waals surface area contributed by atoms with E-state index in [4.69, 9.17) is 9.47 Å². The minimum absolute atomic E-state index is 0.0640. The van der Waals surface area contributed by atoms with Gasteiger partial charge in [0, 0.05) is 44.1 Å². The van der Waals surface area contributed by atoms with Crippen LogP contribution in [0, 0.1) is 0 Å². The van der Waals surface area contributed by atoms with Crippen LogP contribution >= 0.6 is 0 Å². The van der Waals surface area contributed by atoms with E-state index in [2.05, 4.69) is 27.4 Å². The number of rotatable bonds is 7. The largest absolute Gasteiger partial charge is 0.493 e. The van der Waals surface area contributed by atoms with Gasteiger partial charge in [0.25, 0.3) is 5.91 Å². The van der Waals surface area contributed by atoms with Crippen LogP contribution in [0.1, 0.15) is 21.5 Å². The van der Waals surface area contributed by atoms with Crippen molar-refractivity contribution in [2.75, 3.05) is 33.9 Å². The molecule has 0 fully saturated rings. The predicted molar refractivity (Wildman–Crippen MR) is 114 cm³/mol. The molecule has 0 spiro atoms. The molecule has 2 heterocycles. The number of amides is 1. The van der Waals surface area contributed by atoms with Gasteiger partial charge in [-0.25, -0.2) is 4.68 Å². The van der Waals surface area contributed by atoms with Crippen molar-refractivity contribution in [3.8, 4) is 17.2 Å². The highest BCUT2D eigenvalue weighted by atomic mass is 16.5. The summed E-state index contributed by atoms with van der Waals surface area (Å²) in [5.74, 6) is 1.46. The van der Waals surface area contributed by atoms with E-state index >= 15 is 0 Å². The maximum absolute atomic E-state index is 12.5. The zero-order chi connectivity index (χ0) is 20.9. The maximum Gasteiger partial charge on any atom is 0.251 e. The number of nitrogens with zero attached hydrogens (tertiary/aromatic N) is 3. The molecule has 156 valence electrons. The van der Waals surface area contributed by atoms with Crippen LogP contribution < -0.4 is 14.8 Å². The van der Waals surface area contributed by atoms with Gasteiger partial charge in [0.2, 0.25) is 0 Å². The van der Waals surface area contributed by atoms with Crippen molar-refractivity contribution in [3.05, 3.63) is 71.5 Å². The molecule has 1 N–H and O–H groups in total. The lowest BCUT2D eigenvalue weighted by atomic mass is 9.99. The lowest BCUT2D eigenvalue weighted by Crippen LogP contribution is -2.37. The monoisotopic (exact) mass is 406 g/mol. The molecule has 0 radical (unpaired) electrons. The summed E-state index contributed by atoms with van der Waals surface area (Å²) in [7, 11) is 3.31. The smallest absolute Gasteiger partial charge is 0.251 e. The normalized spacial score (nSPS) is 13.5. The third-order valence-corrected chi connectivity index (χ3v) is 5.41. The SMILES string of the molecule is COc1cc2c(cc1OC)CN(CCNC(=O)c1ccc(-n3cccn3)cc1)CC2. The van der Waals surface area contributed by atoms with Crippen molar-refractivity contribution in [1.82, 2.24) is 20.0 Å². The van der Waals surface area contributed by atoms with Crippen LogP contribution in [0.4, 0.5) is 0 Å². The van der Waals surface area contributed by atoms with E-state index < -0.39 is 0 Å². The lowest BCUT2D eigenvalue weighted by Gasteiger charge is -2.29. The van der Waals surface area contributed by atoms with E-state index in [1.807, 2.05) is 36.5 Å².